The summed E-state index contributed by atoms with van der Waals surface area (Å²) < 4.78 is 12.9. The predicted molar refractivity (Wildman–Crippen MR) is 68.7 cm³/mol. The van der Waals surface area contributed by atoms with Crippen molar-refractivity contribution in [2.45, 2.75) is 0 Å². The Bertz CT molecular complexity index is 590. The number of nitrogens with zero attached hydrogens (tertiary/aromatic N) is 1. The molecule has 3 rings (SSSR count). The number of aromatic nitrogens is 1. The summed E-state index contributed by atoms with van der Waals surface area (Å²) in [7, 11) is 0. The van der Waals surface area contributed by atoms with Crippen LogP contribution in [0.4, 0.5) is 4.39 Å². The lowest BCUT2D eigenvalue weighted by atomic mass is 10.1. The second-order valence-electron chi connectivity index (χ2n) is 4.03. The zero-order chi connectivity index (χ0) is 12.4. The molecule has 0 saturated carbocycles. The maximum atomic E-state index is 12.9. The van der Waals surface area contributed by atoms with Gasteiger partial charge in [0.15, 0.2) is 0 Å². The van der Waals surface area contributed by atoms with Gasteiger partial charge in [0.05, 0.1) is 23.8 Å². The molecule has 2 heterocycles. The molecule has 0 atom stereocenters. The molecule has 4 heteroatoms. The Balaban J connectivity index is 1.98. The van der Waals surface area contributed by atoms with E-state index < -0.39 is 0 Å². The van der Waals surface area contributed by atoms with E-state index in [1.54, 1.807) is 12.1 Å². The highest BCUT2D eigenvalue weighted by molar-refractivity contribution is 5.66. The van der Waals surface area contributed by atoms with Crippen molar-refractivity contribution in [3.63, 3.8) is 0 Å². The van der Waals surface area contributed by atoms with Crippen LogP contribution in [0.2, 0.25) is 0 Å². The lowest BCUT2D eigenvalue weighted by Gasteiger charge is -2.05. The molecule has 90 valence electrons. The molecule has 0 aliphatic carbocycles. The molecule has 0 saturated heterocycles. The van der Waals surface area contributed by atoms with Crippen molar-refractivity contribution >= 4 is 5.70 Å². The first-order valence-electron chi connectivity index (χ1n) is 5.74. The van der Waals surface area contributed by atoms with Gasteiger partial charge in [0.25, 0.3) is 0 Å². The van der Waals surface area contributed by atoms with Gasteiger partial charge in [-0.2, -0.15) is 0 Å². The Labute approximate surface area is 104 Å². The molecule has 0 amide bonds. The molecular weight excluding hydrogens is 229 g/mol. The molecule has 1 aromatic carbocycles. The van der Waals surface area contributed by atoms with Crippen molar-refractivity contribution in [3.8, 4) is 11.3 Å². The predicted octanol–water partition coefficient (Wildman–Crippen LogP) is 2.34. The maximum absolute atomic E-state index is 12.9. The minimum atomic E-state index is -0.237. The van der Waals surface area contributed by atoms with Gasteiger partial charge < -0.3 is 10.6 Å². The fourth-order valence-corrected chi connectivity index (χ4v) is 1.88. The van der Waals surface area contributed by atoms with Crippen LogP contribution in [0.25, 0.3) is 17.0 Å². The Hall–Kier alpha value is -2.36. The van der Waals surface area contributed by atoms with Crippen molar-refractivity contribution in [1.82, 2.24) is 15.6 Å². The SMILES string of the molecule is Fc1ccc(-c2cccc(C3=CNCN3)n2)cc1. The van der Waals surface area contributed by atoms with Gasteiger partial charge in [-0.3, -0.25) is 0 Å². The first kappa shape index (κ1) is 10.8. The quantitative estimate of drug-likeness (QED) is 0.847. The van der Waals surface area contributed by atoms with Gasteiger partial charge in [-0.05, 0) is 36.4 Å². The van der Waals surface area contributed by atoms with Crippen LogP contribution in [-0.2, 0) is 0 Å². The third kappa shape index (κ3) is 2.05. The van der Waals surface area contributed by atoms with Crippen LogP contribution in [0.1, 0.15) is 5.69 Å². The Morgan fingerprint density at radius 3 is 2.50 bits per heavy atom. The van der Waals surface area contributed by atoms with Crippen molar-refractivity contribution in [2.75, 3.05) is 6.67 Å². The number of benzene rings is 1. The largest absolute Gasteiger partial charge is 0.372 e. The average Bonchev–Trinajstić information content (AvgIpc) is 2.94. The normalized spacial score (nSPS) is 13.7. The van der Waals surface area contributed by atoms with E-state index >= 15 is 0 Å². The number of hydrogen-bond donors (Lipinski definition) is 2. The summed E-state index contributed by atoms with van der Waals surface area (Å²) in [5.41, 5.74) is 3.59. The fourth-order valence-electron chi connectivity index (χ4n) is 1.88. The zero-order valence-electron chi connectivity index (χ0n) is 9.65. The van der Waals surface area contributed by atoms with Crippen LogP contribution < -0.4 is 10.6 Å². The summed E-state index contributed by atoms with van der Waals surface area (Å²) in [4.78, 5) is 4.56. The van der Waals surface area contributed by atoms with Gasteiger partial charge in [-0.25, -0.2) is 9.37 Å². The topological polar surface area (TPSA) is 37.0 Å². The van der Waals surface area contributed by atoms with Gasteiger partial charge in [-0.1, -0.05) is 6.07 Å². The van der Waals surface area contributed by atoms with E-state index in [0.717, 1.165) is 29.3 Å². The van der Waals surface area contributed by atoms with Crippen LogP contribution in [0.15, 0.2) is 48.7 Å². The van der Waals surface area contributed by atoms with Gasteiger partial charge in [-0.15, -0.1) is 0 Å². The molecular formula is C14H12FN3. The highest BCUT2D eigenvalue weighted by atomic mass is 19.1. The van der Waals surface area contributed by atoms with Gasteiger partial charge in [0, 0.05) is 11.8 Å². The van der Waals surface area contributed by atoms with Crippen LogP contribution in [0.3, 0.4) is 0 Å². The van der Waals surface area contributed by atoms with Crippen LogP contribution in [-0.4, -0.2) is 11.7 Å². The summed E-state index contributed by atoms with van der Waals surface area (Å²) in [6.45, 7) is 0.720. The van der Waals surface area contributed by atoms with Gasteiger partial charge in [0.2, 0.25) is 0 Å². The molecule has 2 N–H and O–H groups in total. The highest BCUT2D eigenvalue weighted by Gasteiger charge is 2.08. The van der Waals surface area contributed by atoms with E-state index in [1.165, 1.54) is 12.1 Å². The second-order valence-corrected chi connectivity index (χ2v) is 4.03. The van der Waals surface area contributed by atoms with Gasteiger partial charge >= 0.3 is 0 Å². The van der Waals surface area contributed by atoms with Crippen molar-refractivity contribution < 1.29 is 4.39 Å². The molecule has 0 fully saturated rings. The fraction of sp³-hybridized carbons (Fsp3) is 0.0714. The van der Waals surface area contributed by atoms with Crippen molar-refractivity contribution in [1.29, 1.82) is 0 Å². The zero-order valence-corrected chi connectivity index (χ0v) is 9.65. The summed E-state index contributed by atoms with van der Waals surface area (Å²) >= 11 is 0. The van der Waals surface area contributed by atoms with E-state index in [1.807, 2.05) is 24.4 Å². The third-order valence-corrected chi connectivity index (χ3v) is 2.79. The Morgan fingerprint density at radius 1 is 1.00 bits per heavy atom. The van der Waals surface area contributed by atoms with Crippen molar-refractivity contribution in [2.24, 2.45) is 0 Å². The summed E-state index contributed by atoms with van der Waals surface area (Å²) in [6.07, 6.45) is 1.90. The number of pyridine rings is 1. The molecule has 1 aromatic heterocycles. The maximum Gasteiger partial charge on any atom is 0.123 e. The number of halogens is 1. The number of rotatable bonds is 2. The standard InChI is InChI=1S/C14H12FN3/c15-11-6-4-10(5-7-11)12-2-1-3-13(18-12)14-8-16-9-17-14/h1-8,16-17H,9H2. The first-order chi connectivity index (χ1) is 8.83. The molecule has 18 heavy (non-hydrogen) atoms. The first-order valence-corrected chi connectivity index (χ1v) is 5.74. The minimum Gasteiger partial charge on any atom is -0.372 e. The van der Waals surface area contributed by atoms with Crippen molar-refractivity contribution in [3.05, 3.63) is 60.2 Å². The molecule has 0 bridgehead atoms. The van der Waals surface area contributed by atoms with Gasteiger partial charge in [0.1, 0.15) is 5.82 Å². The third-order valence-electron chi connectivity index (χ3n) is 2.79. The summed E-state index contributed by atoms with van der Waals surface area (Å²) in [5, 5.41) is 6.26. The van der Waals surface area contributed by atoms with E-state index in [4.69, 9.17) is 0 Å². The molecule has 1 aliphatic rings. The summed E-state index contributed by atoms with van der Waals surface area (Å²) in [6, 6.07) is 12.2. The molecule has 1 aliphatic heterocycles. The summed E-state index contributed by atoms with van der Waals surface area (Å²) in [5.74, 6) is -0.237. The molecule has 0 radical (unpaired) electrons. The smallest absolute Gasteiger partial charge is 0.123 e. The molecule has 2 aromatic rings. The van der Waals surface area contributed by atoms with E-state index in [2.05, 4.69) is 15.6 Å². The molecule has 0 spiro atoms. The average molecular weight is 241 g/mol. The highest BCUT2D eigenvalue weighted by Crippen LogP contribution is 2.20. The Morgan fingerprint density at radius 2 is 1.78 bits per heavy atom. The van der Waals surface area contributed by atoms with Crippen LogP contribution in [0.5, 0.6) is 0 Å². The second kappa shape index (κ2) is 4.49. The van der Waals surface area contributed by atoms with E-state index in [-0.39, 0.29) is 5.82 Å². The van der Waals surface area contributed by atoms with E-state index in [9.17, 15) is 4.39 Å². The van der Waals surface area contributed by atoms with Crippen LogP contribution >= 0.6 is 0 Å². The lowest BCUT2D eigenvalue weighted by molar-refractivity contribution is 0.628. The number of nitrogens with one attached hydrogen (secondary N) is 2. The molecule has 3 nitrogen and oxygen atoms in total. The van der Waals surface area contributed by atoms with Crippen LogP contribution in [0, 0.1) is 5.82 Å². The Kier molecular flexibility index (Phi) is 2.68. The van der Waals surface area contributed by atoms with E-state index in [0.29, 0.717) is 0 Å². The molecule has 0 unspecified atom stereocenters. The number of hydrogen-bond acceptors (Lipinski definition) is 3. The monoisotopic (exact) mass is 241 g/mol. The lowest BCUT2D eigenvalue weighted by Crippen LogP contribution is -2.14. The minimum absolute atomic E-state index is 0.237.